The van der Waals surface area contributed by atoms with Gasteiger partial charge in [-0.15, -0.1) is 0 Å². The molecule has 0 radical (unpaired) electrons. The SMILES string of the molecule is O=C(O)C1CNCCCN1C(=O)OCC1c2ccccc2-c2ccccc21. The molecule has 1 unspecified atom stereocenters. The third kappa shape index (κ3) is 3.28. The molecule has 1 atom stereocenters. The minimum absolute atomic E-state index is 0.0327. The maximum Gasteiger partial charge on any atom is 0.410 e. The van der Waals surface area contributed by atoms with Crippen molar-refractivity contribution in [1.29, 1.82) is 0 Å². The first-order chi connectivity index (χ1) is 13.2. The second-order valence-electron chi connectivity index (χ2n) is 6.91. The molecule has 2 aromatic rings. The van der Waals surface area contributed by atoms with E-state index < -0.39 is 18.1 Å². The minimum Gasteiger partial charge on any atom is -0.480 e. The Balaban J connectivity index is 1.53. The van der Waals surface area contributed by atoms with Crippen LogP contribution in [-0.2, 0) is 9.53 Å². The van der Waals surface area contributed by atoms with Gasteiger partial charge in [-0.2, -0.15) is 0 Å². The largest absolute Gasteiger partial charge is 0.480 e. The summed E-state index contributed by atoms with van der Waals surface area (Å²) in [6.07, 6.45) is 0.140. The third-order valence-corrected chi connectivity index (χ3v) is 5.32. The van der Waals surface area contributed by atoms with E-state index in [0.717, 1.165) is 22.3 Å². The smallest absolute Gasteiger partial charge is 0.410 e. The van der Waals surface area contributed by atoms with E-state index in [1.165, 1.54) is 4.90 Å². The lowest BCUT2D eigenvalue weighted by atomic mass is 9.98. The molecule has 0 bridgehead atoms. The summed E-state index contributed by atoms with van der Waals surface area (Å²) in [5.41, 5.74) is 4.60. The zero-order valence-corrected chi connectivity index (χ0v) is 14.9. The van der Waals surface area contributed by atoms with Gasteiger partial charge in [0.1, 0.15) is 12.6 Å². The molecule has 2 N–H and O–H groups in total. The molecule has 1 heterocycles. The van der Waals surface area contributed by atoms with Crippen molar-refractivity contribution < 1.29 is 19.4 Å². The van der Waals surface area contributed by atoms with Gasteiger partial charge in [0.2, 0.25) is 0 Å². The van der Waals surface area contributed by atoms with Gasteiger partial charge in [0, 0.05) is 19.0 Å². The van der Waals surface area contributed by atoms with Crippen molar-refractivity contribution in [1.82, 2.24) is 10.2 Å². The van der Waals surface area contributed by atoms with Crippen molar-refractivity contribution in [2.45, 2.75) is 18.4 Å². The Hall–Kier alpha value is -2.86. The van der Waals surface area contributed by atoms with Gasteiger partial charge < -0.3 is 15.2 Å². The summed E-state index contributed by atoms with van der Waals surface area (Å²) in [6, 6.07) is 15.4. The summed E-state index contributed by atoms with van der Waals surface area (Å²) >= 11 is 0. The first kappa shape index (κ1) is 17.5. The number of aliphatic carboxylic acids is 1. The lowest BCUT2D eigenvalue weighted by molar-refractivity contribution is -0.142. The maximum atomic E-state index is 12.7. The number of rotatable bonds is 3. The number of benzene rings is 2. The lowest BCUT2D eigenvalue weighted by Gasteiger charge is -2.26. The number of carboxylic acid groups (broad SMARTS) is 1. The van der Waals surface area contributed by atoms with E-state index in [0.29, 0.717) is 19.5 Å². The summed E-state index contributed by atoms with van der Waals surface area (Å²) in [4.78, 5) is 25.5. The third-order valence-electron chi connectivity index (χ3n) is 5.32. The molecule has 0 aromatic heterocycles. The van der Waals surface area contributed by atoms with Crippen LogP contribution in [0.3, 0.4) is 0 Å². The van der Waals surface area contributed by atoms with Gasteiger partial charge in [0.05, 0.1) is 0 Å². The highest BCUT2D eigenvalue weighted by molar-refractivity contribution is 5.81. The van der Waals surface area contributed by atoms with Gasteiger partial charge in [-0.1, -0.05) is 48.5 Å². The molecule has 2 aliphatic rings. The molecular weight excluding hydrogens is 344 g/mol. The van der Waals surface area contributed by atoms with Crippen molar-refractivity contribution in [2.75, 3.05) is 26.2 Å². The molecule has 2 aromatic carbocycles. The number of nitrogens with one attached hydrogen (secondary N) is 1. The summed E-state index contributed by atoms with van der Waals surface area (Å²) in [7, 11) is 0. The van der Waals surface area contributed by atoms with Crippen molar-refractivity contribution in [2.24, 2.45) is 0 Å². The molecule has 1 saturated heterocycles. The average molecular weight is 366 g/mol. The van der Waals surface area contributed by atoms with E-state index in [1.807, 2.05) is 24.3 Å². The Morgan fingerprint density at radius 1 is 1.07 bits per heavy atom. The fourth-order valence-corrected chi connectivity index (χ4v) is 4.00. The monoisotopic (exact) mass is 366 g/mol. The van der Waals surface area contributed by atoms with Crippen LogP contribution in [0.2, 0.25) is 0 Å². The van der Waals surface area contributed by atoms with Crippen LogP contribution in [0.15, 0.2) is 48.5 Å². The Morgan fingerprint density at radius 2 is 1.70 bits per heavy atom. The van der Waals surface area contributed by atoms with Gasteiger partial charge >= 0.3 is 12.1 Å². The summed E-state index contributed by atoms with van der Waals surface area (Å²) in [6.45, 7) is 1.50. The molecule has 1 aliphatic heterocycles. The summed E-state index contributed by atoms with van der Waals surface area (Å²) in [5.74, 6) is -1.05. The zero-order chi connectivity index (χ0) is 18.8. The molecule has 0 spiro atoms. The quantitative estimate of drug-likeness (QED) is 0.873. The van der Waals surface area contributed by atoms with Crippen LogP contribution in [0.4, 0.5) is 4.79 Å². The molecular formula is C21H22N2O4. The Kier molecular flexibility index (Phi) is 4.81. The number of ether oxygens (including phenoxy) is 1. The van der Waals surface area contributed by atoms with Crippen molar-refractivity contribution in [3.05, 3.63) is 59.7 Å². The van der Waals surface area contributed by atoms with Crippen LogP contribution in [0, 0.1) is 0 Å². The number of carboxylic acids is 1. The predicted molar refractivity (Wildman–Crippen MR) is 101 cm³/mol. The molecule has 0 saturated carbocycles. The van der Waals surface area contributed by atoms with Gasteiger partial charge in [0.15, 0.2) is 0 Å². The van der Waals surface area contributed by atoms with E-state index in [9.17, 15) is 14.7 Å². The Bertz CT molecular complexity index is 821. The van der Waals surface area contributed by atoms with E-state index in [2.05, 4.69) is 29.6 Å². The van der Waals surface area contributed by atoms with Crippen molar-refractivity contribution in [3.63, 3.8) is 0 Å². The second kappa shape index (κ2) is 7.40. The molecule has 1 fully saturated rings. The molecule has 27 heavy (non-hydrogen) atoms. The van der Waals surface area contributed by atoms with E-state index >= 15 is 0 Å². The number of nitrogens with zero attached hydrogens (tertiary/aromatic N) is 1. The summed E-state index contributed by atoms with van der Waals surface area (Å²) in [5, 5.41) is 12.5. The number of hydrogen-bond acceptors (Lipinski definition) is 4. The fraction of sp³-hybridized carbons (Fsp3) is 0.333. The van der Waals surface area contributed by atoms with E-state index in [-0.39, 0.29) is 19.1 Å². The minimum atomic E-state index is -1.02. The van der Waals surface area contributed by atoms with E-state index in [4.69, 9.17) is 4.74 Å². The van der Waals surface area contributed by atoms with Crippen LogP contribution in [0.1, 0.15) is 23.5 Å². The van der Waals surface area contributed by atoms with Crippen LogP contribution in [0.25, 0.3) is 11.1 Å². The summed E-state index contributed by atoms with van der Waals surface area (Å²) < 4.78 is 5.61. The molecule has 1 aliphatic carbocycles. The highest BCUT2D eigenvalue weighted by Gasteiger charge is 2.34. The van der Waals surface area contributed by atoms with Crippen LogP contribution in [0.5, 0.6) is 0 Å². The highest BCUT2D eigenvalue weighted by Crippen LogP contribution is 2.44. The van der Waals surface area contributed by atoms with Crippen LogP contribution < -0.4 is 5.32 Å². The average Bonchev–Trinajstić information content (AvgIpc) is 2.83. The van der Waals surface area contributed by atoms with Crippen LogP contribution in [-0.4, -0.2) is 54.4 Å². The van der Waals surface area contributed by atoms with Crippen LogP contribution >= 0.6 is 0 Å². The number of amides is 1. The first-order valence-corrected chi connectivity index (χ1v) is 9.22. The molecule has 4 rings (SSSR count). The predicted octanol–water partition coefficient (Wildman–Crippen LogP) is 2.68. The second-order valence-corrected chi connectivity index (χ2v) is 6.91. The molecule has 6 heteroatoms. The lowest BCUT2D eigenvalue weighted by Crippen LogP contribution is -2.48. The number of fused-ring (bicyclic) bond motifs is 3. The number of carbonyl (C=O) groups is 2. The highest BCUT2D eigenvalue weighted by atomic mass is 16.6. The standard InChI is InChI=1S/C21H22N2O4/c24-20(25)19-12-22-10-5-11-23(19)21(26)27-13-18-16-8-3-1-6-14(16)15-7-2-4-9-17(15)18/h1-4,6-9,18-19,22H,5,10-13H2,(H,24,25). The topological polar surface area (TPSA) is 78.9 Å². The Morgan fingerprint density at radius 3 is 2.33 bits per heavy atom. The first-order valence-electron chi connectivity index (χ1n) is 9.22. The Labute approximate surface area is 157 Å². The normalized spacial score (nSPS) is 19.1. The van der Waals surface area contributed by atoms with E-state index in [1.54, 1.807) is 0 Å². The zero-order valence-electron chi connectivity index (χ0n) is 14.9. The van der Waals surface area contributed by atoms with Crippen molar-refractivity contribution >= 4 is 12.1 Å². The van der Waals surface area contributed by atoms with Gasteiger partial charge in [-0.25, -0.2) is 9.59 Å². The molecule has 6 nitrogen and oxygen atoms in total. The fourth-order valence-electron chi connectivity index (χ4n) is 4.00. The maximum absolute atomic E-state index is 12.7. The van der Waals surface area contributed by atoms with Gasteiger partial charge in [-0.05, 0) is 35.2 Å². The van der Waals surface area contributed by atoms with Crippen molar-refractivity contribution in [3.8, 4) is 11.1 Å². The number of carbonyl (C=O) groups excluding carboxylic acids is 1. The van der Waals surface area contributed by atoms with Gasteiger partial charge in [-0.3, -0.25) is 4.90 Å². The molecule has 1 amide bonds. The number of hydrogen-bond donors (Lipinski definition) is 2. The molecule has 140 valence electrons. The van der Waals surface area contributed by atoms with Gasteiger partial charge in [0.25, 0.3) is 0 Å².